The Kier molecular flexibility index (Phi) is 12.4. The average molecular weight is 707 g/mol. The minimum atomic E-state index is -3.88. The van der Waals surface area contributed by atoms with Crippen LogP contribution in [-0.2, 0) is 39.2 Å². The molecular weight excluding hydrogens is 666 g/mol. The summed E-state index contributed by atoms with van der Waals surface area (Å²) in [6.07, 6.45) is 1.33. The minimum absolute atomic E-state index is 0.106. The second-order valence-corrected chi connectivity index (χ2v) is 14.4. The molecular formula is C36H40BrN3O5S. The summed E-state index contributed by atoms with van der Waals surface area (Å²) >= 11 is 3.50. The number of nitrogens with one attached hydrogen (secondary N) is 1. The van der Waals surface area contributed by atoms with Crippen LogP contribution in [0.15, 0.2) is 114 Å². The maximum Gasteiger partial charge on any atom is 0.244 e. The molecule has 2 amide bonds. The van der Waals surface area contributed by atoms with Crippen molar-refractivity contribution in [3.8, 4) is 5.75 Å². The third kappa shape index (κ3) is 10.5. The van der Waals surface area contributed by atoms with Gasteiger partial charge in [0, 0.05) is 24.0 Å². The van der Waals surface area contributed by atoms with Crippen molar-refractivity contribution in [2.75, 3.05) is 23.7 Å². The van der Waals surface area contributed by atoms with Crippen molar-refractivity contribution < 1.29 is 22.7 Å². The minimum Gasteiger partial charge on any atom is -0.489 e. The molecule has 0 aliphatic carbocycles. The van der Waals surface area contributed by atoms with Crippen molar-refractivity contribution >= 4 is 43.5 Å². The van der Waals surface area contributed by atoms with Gasteiger partial charge in [-0.05, 0) is 59.0 Å². The number of nitrogens with zero attached hydrogens (tertiary/aromatic N) is 2. The van der Waals surface area contributed by atoms with Crippen molar-refractivity contribution in [1.82, 2.24) is 10.2 Å². The standard InChI is InChI=1S/C36H40BrN3O5S/c1-27(2)23-38-36(42)34(22-28-11-6-4-7-12-28)39(24-30-15-10-16-31(37)21-30)35(41)25-40(46(3,43)44)32-17-19-33(20-18-32)45-26-29-13-8-5-9-14-29/h4-21,27,34H,22-26H2,1-3H3,(H,38,42). The largest absolute Gasteiger partial charge is 0.489 e. The summed E-state index contributed by atoms with van der Waals surface area (Å²) in [7, 11) is -3.88. The Morgan fingerprint density at radius 3 is 2.02 bits per heavy atom. The van der Waals surface area contributed by atoms with E-state index in [1.807, 2.05) is 98.8 Å². The Morgan fingerprint density at radius 2 is 1.43 bits per heavy atom. The third-order valence-electron chi connectivity index (χ3n) is 7.25. The van der Waals surface area contributed by atoms with Crippen LogP contribution in [-0.4, -0.2) is 50.5 Å². The highest BCUT2D eigenvalue weighted by Gasteiger charge is 2.33. The van der Waals surface area contributed by atoms with Crippen LogP contribution in [0.25, 0.3) is 0 Å². The first-order valence-electron chi connectivity index (χ1n) is 15.1. The summed E-state index contributed by atoms with van der Waals surface area (Å²) < 4.78 is 34.0. The maximum atomic E-state index is 14.3. The highest BCUT2D eigenvalue weighted by Crippen LogP contribution is 2.24. The molecule has 4 aromatic carbocycles. The Bertz CT molecular complexity index is 1680. The molecule has 0 bridgehead atoms. The van der Waals surface area contributed by atoms with E-state index in [4.69, 9.17) is 4.74 Å². The molecule has 0 aliphatic heterocycles. The summed E-state index contributed by atoms with van der Waals surface area (Å²) in [6, 6.07) is 32.4. The summed E-state index contributed by atoms with van der Waals surface area (Å²) in [5, 5.41) is 2.99. The molecule has 0 fully saturated rings. The lowest BCUT2D eigenvalue weighted by Crippen LogP contribution is -2.53. The molecule has 242 valence electrons. The quantitative estimate of drug-likeness (QED) is 0.159. The molecule has 0 spiro atoms. The Balaban J connectivity index is 1.64. The van der Waals surface area contributed by atoms with Gasteiger partial charge in [0.1, 0.15) is 24.9 Å². The molecule has 1 N–H and O–H groups in total. The average Bonchev–Trinajstić information content (AvgIpc) is 3.04. The van der Waals surface area contributed by atoms with Gasteiger partial charge in [0.25, 0.3) is 0 Å². The smallest absolute Gasteiger partial charge is 0.244 e. The molecule has 0 saturated carbocycles. The number of halogens is 1. The van der Waals surface area contributed by atoms with Crippen molar-refractivity contribution in [2.24, 2.45) is 5.92 Å². The SMILES string of the molecule is CC(C)CNC(=O)C(Cc1ccccc1)N(Cc1cccc(Br)c1)C(=O)CN(c1ccc(OCc2ccccc2)cc1)S(C)(=O)=O. The fraction of sp³-hybridized carbons (Fsp3) is 0.278. The van der Waals surface area contributed by atoms with Crippen LogP contribution in [0.2, 0.25) is 0 Å². The normalized spacial score (nSPS) is 11.9. The van der Waals surface area contributed by atoms with Crippen LogP contribution in [0.3, 0.4) is 0 Å². The van der Waals surface area contributed by atoms with Crippen LogP contribution in [0.1, 0.15) is 30.5 Å². The van der Waals surface area contributed by atoms with E-state index in [0.29, 0.717) is 24.6 Å². The molecule has 0 radical (unpaired) electrons. The molecule has 0 heterocycles. The van der Waals surface area contributed by atoms with Crippen LogP contribution in [0, 0.1) is 5.92 Å². The van der Waals surface area contributed by atoms with E-state index >= 15 is 0 Å². The lowest BCUT2D eigenvalue weighted by molar-refractivity contribution is -0.140. The van der Waals surface area contributed by atoms with E-state index in [1.165, 1.54) is 4.90 Å². The van der Waals surface area contributed by atoms with E-state index in [2.05, 4.69) is 21.2 Å². The van der Waals surface area contributed by atoms with Crippen molar-refractivity contribution in [3.05, 3.63) is 130 Å². The molecule has 1 atom stereocenters. The molecule has 10 heteroatoms. The lowest BCUT2D eigenvalue weighted by atomic mass is 10.0. The number of carbonyl (C=O) groups excluding carboxylic acids is 2. The van der Waals surface area contributed by atoms with Gasteiger partial charge in [-0.1, -0.05) is 103 Å². The van der Waals surface area contributed by atoms with Gasteiger partial charge in [0.2, 0.25) is 21.8 Å². The second-order valence-electron chi connectivity index (χ2n) is 11.5. The highest BCUT2D eigenvalue weighted by molar-refractivity contribution is 9.10. The van der Waals surface area contributed by atoms with Gasteiger partial charge < -0.3 is 15.0 Å². The van der Waals surface area contributed by atoms with E-state index in [9.17, 15) is 18.0 Å². The third-order valence-corrected chi connectivity index (χ3v) is 8.88. The molecule has 8 nitrogen and oxygen atoms in total. The number of carbonyl (C=O) groups is 2. The second kappa shape index (κ2) is 16.4. The summed E-state index contributed by atoms with van der Waals surface area (Å²) in [4.78, 5) is 29.5. The number of amides is 2. The maximum absolute atomic E-state index is 14.3. The molecule has 0 saturated heterocycles. The lowest BCUT2D eigenvalue weighted by Gasteiger charge is -2.33. The van der Waals surface area contributed by atoms with Gasteiger partial charge >= 0.3 is 0 Å². The molecule has 0 aromatic heterocycles. The fourth-order valence-electron chi connectivity index (χ4n) is 4.87. The predicted molar refractivity (Wildman–Crippen MR) is 186 cm³/mol. The first-order valence-corrected chi connectivity index (χ1v) is 17.7. The molecule has 1 unspecified atom stereocenters. The van der Waals surface area contributed by atoms with Gasteiger partial charge in [0.15, 0.2) is 0 Å². The van der Waals surface area contributed by atoms with E-state index in [-0.39, 0.29) is 24.8 Å². The van der Waals surface area contributed by atoms with E-state index in [0.717, 1.165) is 31.7 Å². The van der Waals surface area contributed by atoms with E-state index in [1.54, 1.807) is 24.3 Å². The molecule has 4 aromatic rings. The number of hydrogen-bond acceptors (Lipinski definition) is 5. The topological polar surface area (TPSA) is 96.0 Å². The Labute approximate surface area is 280 Å². The van der Waals surface area contributed by atoms with Crippen molar-refractivity contribution in [1.29, 1.82) is 0 Å². The summed E-state index contributed by atoms with van der Waals surface area (Å²) in [5.74, 6) is -0.0357. The van der Waals surface area contributed by atoms with Gasteiger partial charge in [-0.25, -0.2) is 8.42 Å². The predicted octanol–water partition coefficient (Wildman–Crippen LogP) is 6.21. The zero-order chi connectivity index (χ0) is 33.1. The fourth-order valence-corrected chi connectivity index (χ4v) is 6.17. The monoisotopic (exact) mass is 705 g/mol. The number of sulfonamides is 1. The van der Waals surface area contributed by atoms with Gasteiger partial charge in [-0.2, -0.15) is 0 Å². The van der Waals surface area contributed by atoms with Gasteiger partial charge in [-0.3, -0.25) is 13.9 Å². The van der Waals surface area contributed by atoms with E-state index < -0.39 is 28.5 Å². The highest BCUT2D eigenvalue weighted by atomic mass is 79.9. The number of benzene rings is 4. The first kappa shape index (κ1) is 34.7. The Hall–Kier alpha value is -4.15. The number of anilines is 1. The van der Waals surface area contributed by atoms with Crippen LogP contribution >= 0.6 is 15.9 Å². The summed E-state index contributed by atoms with van der Waals surface area (Å²) in [5.41, 5.74) is 2.99. The zero-order valence-electron chi connectivity index (χ0n) is 26.3. The number of ether oxygens (including phenoxy) is 1. The van der Waals surface area contributed by atoms with Crippen molar-refractivity contribution in [2.45, 2.75) is 39.5 Å². The zero-order valence-corrected chi connectivity index (χ0v) is 28.7. The van der Waals surface area contributed by atoms with Gasteiger partial charge in [0.05, 0.1) is 11.9 Å². The molecule has 0 aliphatic rings. The summed E-state index contributed by atoms with van der Waals surface area (Å²) in [6.45, 7) is 4.42. The number of rotatable bonds is 15. The van der Waals surface area contributed by atoms with Crippen LogP contribution in [0.5, 0.6) is 5.75 Å². The number of hydrogen-bond donors (Lipinski definition) is 1. The van der Waals surface area contributed by atoms with Crippen LogP contribution in [0.4, 0.5) is 5.69 Å². The Morgan fingerprint density at radius 1 is 0.826 bits per heavy atom. The first-order chi connectivity index (χ1) is 22.0. The van der Waals surface area contributed by atoms with Crippen LogP contribution < -0.4 is 14.4 Å². The van der Waals surface area contributed by atoms with Gasteiger partial charge in [-0.15, -0.1) is 0 Å². The van der Waals surface area contributed by atoms with Crippen molar-refractivity contribution in [3.63, 3.8) is 0 Å². The molecule has 46 heavy (non-hydrogen) atoms. The molecule has 4 rings (SSSR count).